The van der Waals surface area contributed by atoms with Crippen molar-refractivity contribution in [1.82, 2.24) is 15.2 Å². The Morgan fingerprint density at radius 1 is 1.29 bits per heavy atom. The van der Waals surface area contributed by atoms with Crippen molar-refractivity contribution in [2.45, 2.75) is 56.2 Å². The van der Waals surface area contributed by atoms with E-state index >= 15 is 0 Å². The number of thioether (sulfide) groups is 1. The van der Waals surface area contributed by atoms with Crippen LogP contribution in [0, 0.1) is 0 Å². The van der Waals surface area contributed by atoms with Crippen LogP contribution in [0.1, 0.15) is 46.0 Å². The van der Waals surface area contributed by atoms with Crippen molar-refractivity contribution in [1.29, 1.82) is 0 Å². The quantitative estimate of drug-likeness (QED) is 0.406. The van der Waals surface area contributed by atoms with Crippen LogP contribution in [-0.4, -0.2) is 33.0 Å². The molecule has 0 radical (unpaired) electrons. The van der Waals surface area contributed by atoms with Crippen LogP contribution < -0.4 is 11.2 Å². The Bertz CT molecular complexity index is 555. The summed E-state index contributed by atoms with van der Waals surface area (Å²) < 4.78 is 5.03. The first-order chi connectivity index (χ1) is 10.1. The third-order valence-electron chi connectivity index (χ3n) is 2.80. The molecule has 1 atom stereocenters. The summed E-state index contributed by atoms with van der Waals surface area (Å²) in [6.07, 6.45) is 4.74. The summed E-state index contributed by atoms with van der Waals surface area (Å²) >= 11 is 1.03. The molecule has 118 valence electrons. The molecular formula is C13H21N3O4S. The highest BCUT2D eigenvalue weighted by molar-refractivity contribution is 8.00. The Hall–Kier alpha value is -1.57. The third-order valence-corrected chi connectivity index (χ3v) is 4.02. The van der Waals surface area contributed by atoms with Gasteiger partial charge in [-0.3, -0.25) is 14.6 Å². The number of esters is 1. The van der Waals surface area contributed by atoms with Crippen molar-refractivity contribution < 1.29 is 9.53 Å². The van der Waals surface area contributed by atoms with E-state index in [0.717, 1.165) is 37.4 Å². The second-order valence-corrected chi connectivity index (χ2v) is 5.71. The number of rotatable bonds is 9. The molecule has 0 aliphatic heterocycles. The fraction of sp³-hybridized carbons (Fsp3) is 0.692. The second kappa shape index (κ2) is 9.38. The van der Waals surface area contributed by atoms with Gasteiger partial charge in [-0.05, 0) is 13.3 Å². The Morgan fingerprint density at radius 3 is 2.67 bits per heavy atom. The third kappa shape index (κ3) is 6.16. The monoisotopic (exact) mass is 315 g/mol. The number of carbonyl (C=O) groups is 1. The summed E-state index contributed by atoms with van der Waals surface area (Å²) in [5.41, 5.74) is -1.26. The second-order valence-electron chi connectivity index (χ2n) is 4.52. The van der Waals surface area contributed by atoms with Gasteiger partial charge in [-0.25, -0.2) is 9.89 Å². The van der Waals surface area contributed by atoms with Crippen molar-refractivity contribution in [2.75, 3.05) is 6.61 Å². The molecular weight excluding hydrogens is 294 g/mol. The molecule has 0 saturated carbocycles. The molecule has 0 saturated heterocycles. The molecule has 8 heteroatoms. The summed E-state index contributed by atoms with van der Waals surface area (Å²) in [5, 5.41) is 5.43. The molecule has 21 heavy (non-hydrogen) atoms. The molecule has 0 aliphatic rings. The molecule has 7 nitrogen and oxygen atoms in total. The first kappa shape index (κ1) is 17.5. The normalized spacial score (nSPS) is 12.1. The number of aromatic nitrogens is 3. The zero-order valence-electron chi connectivity index (χ0n) is 12.3. The summed E-state index contributed by atoms with van der Waals surface area (Å²) in [5.74, 6) is -0.355. The maximum absolute atomic E-state index is 11.9. The number of carbonyl (C=O) groups excluding carboxylic acids is 1. The first-order valence-electron chi connectivity index (χ1n) is 7.10. The van der Waals surface area contributed by atoms with Crippen LogP contribution >= 0.6 is 11.8 Å². The molecule has 0 bridgehead atoms. The fourth-order valence-electron chi connectivity index (χ4n) is 1.77. The average molecular weight is 315 g/mol. The van der Waals surface area contributed by atoms with E-state index in [4.69, 9.17) is 4.74 Å². The number of hydrogen-bond acceptors (Lipinski definition) is 6. The molecule has 0 aliphatic carbocycles. The summed E-state index contributed by atoms with van der Waals surface area (Å²) in [6, 6.07) is 0. The molecule has 0 amide bonds. The molecule has 2 N–H and O–H groups in total. The van der Waals surface area contributed by atoms with Crippen LogP contribution in [0.2, 0.25) is 0 Å². The van der Waals surface area contributed by atoms with Gasteiger partial charge in [0, 0.05) is 0 Å². The topological polar surface area (TPSA) is 105 Å². The molecule has 1 aromatic rings. The van der Waals surface area contributed by atoms with E-state index in [1.807, 2.05) is 0 Å². The van der Waals surface area contributed by atoms with Gasteiger partial charge in [0.1, 0.15) is 5.25 Å². The van der Waals surface area contributed by atoms with Gasteiger partial charge in [0.25, 0.3) is 5.56 Å². The van der Waals surface area contributed by atoms with Gasteiger partial charge in [-0.15, -0.1) is 0 Å². The lowest BCUT2D eigenvalue weighted by Gasteiger charge is -2.13. The minimum absolute atomic E-state index is 0.0724. The number of nitrogens with one attached hydrogen (secondary N) is 2. The van der Waals surface area contributed by atoms with Crippen LogP contribution in [0.25, 0.3) is 0 Å². The van der Waals surface area contributed by atoms with Crippen LogP contribution in [0.15, 0.2) is 14.6 Å². The smallest absolute Gasteiger partial charge is 0.342 e. The van der Waals surface area contributed by atoms with Gasteiger partial charge in [0.15, 0.2) is 5.03 Å². The van der Waals surface area contributed by atoms with Crippen LogP contribution in [0.4, 0.5) is 0 Å². The van der Waals surface area contributed by atoms with Crippen molar-refractivity contribution in [3.63, 3.8) is 0 Å². The predicted molar refractivity (Wildman–Crippen MR) is 80.5 cm³/mol. The number of ether oxygens (including phenoxy) is 1. The van der Waals surface area contributed by atoms with E-state index in [0.29, 0.717) is 13.0 Å². The van der Waals surface area contributed by atoms with Gasteiger partial charge in [-0.2, -0.15) is 5.10 Å². The summed E-state index contributed by atoms with van der Waals surface area (Å²) in [6.45, 7) is 4.14. The highest BCUT2D eigenvalue weighted by Gasteiger charge is 2.23. The molecule has 1 heterocycles. The van der Waals surface area contributed by atoms with Crippen molar-refractivity contribution in [3.05, 3.63) is 20.8 Å². The van der Waals surface area contributed by atoms with Gasteiger partial charge in [-0.1, -0.05) is 44.4 Å². The molecule has 0 aromatic carbocycles. The van der Waals surface area contributed by atoms with Gasteiger partial charge in [0.2, 0.25) is 0 Å². The minimum atomic E-state index is -0.667. The van der Waals surface area contributed by atoms with Gasteiger partial charge in [0.05, 0.1) is 6.61 Å². The fourth-order valence-corrected chi connectivity index (χ4v) is 2.74. The lowest BCUT2D eigenvalue weighted by atomic mass is 10.1. The van der Waals surface area contributed by atoms with E-state index in [9.17, 15) is 14.4 Å². The predicted octanol–water partition coefficient (Wildman–Crippen LogP) is 1.45. The van der Waals surface area contributed by atoms with E-state index in [-0.39, 0.29) is 11.0 Å². The molecule has 0 spiro atoms. The minimum Gasteiger partial charge on any atom is -0.465 e. The Balaban J connectivity index is 2.73. The largest absolute Gasteiger partial charge is 0.465 e. The maximum Gasteiger partial charge on any atom is 0.342 e. The maximum atomic E-state index is 11.9. The molecule has 1 rings (SSSR count). The Kier molecular flexibility index (Phi) is 7.81. The standard InChI is InChI=1S/C13H21N3O4S/c1-3-5-6-7-8-9(12(18)20-4-2)21-11-10(17)14-13(19)16-15-11/h9H,3-8H2,1-2H3,(H2,14,16,17,19)/t9-/m0/s1. The Labute approximate surface area is 126 Å². The van der Waals surface area contributed by atoms with Crippen molar-refractivity contribution in [2.24, 2.45) is 0 Å². The number of hydrogen-bond donors (Lipinski definition) is 2. The summed E-state index contributed by atoms with van der Waals surface area (Å²) in [7, 11) is 0. The van der Waals surface area contributed by atoms with Crippen molar-refractivity contribution >= 4 is 17.7 Å². The summed E-state index contributed by atoms with van der Waals surface area (Å²) in [4.78, 5) is 36.6. The van der Waals surface area contributed by atoms with Crippen LogP contribution in [-0.2, 0) is 9.53 Å². The van der Waals surface area contributed by atoms with E-state index in [1.54, 1.807) is 6.92 Å². The van der Waals surface area contributed by atoms with Crippen molar-refractivity contribution in [3.8, 4) is 0 Å². The van der Waals surface area contributed by atoms with Gasteiger partial charge >= 0.3 is 11.7 Å². The first-order valence-corrected chi connectivity index (χ1v) is 7.98. The number of nitrogens with zero attached hydrogens (tertiary/aromatic N) is 1. The van der Waals surface area contributed by atoms with E-state index in [2.05, 4.69) is 22.1 Å². The van der Waals surface area contributed by atoms with E-state index in [1.165, 1.54) is 0 Å². The lowest BCUT2D eigenvalue weighted by molar-refractivity contribution is -0.142. The zero-order valence-corrected chi connectivity index (χ0v) is 13.1. The SMILES string of the molecule is CCCCCC[C@H](Sc1n[nH]c(=O)[nH]c1=O)C(=O)OCC. The highest BCUT2D eigenvalue weighted by Crippen LogP contribution is 2.23. The number of aromatic amines is 2. The van der Waals surface area contributed by atoms with Gasteiger partial charge < -0.3 is 4.74 Å². The number of unbranched alkanes of at least 4 members (excludes halogenated alkanes) is 3. The number of H-pyrrole nitrogens is 2. The molecule has 0 fully saturated rings. The Morgan fingerprint density at radius 2 is 2.05 bits per heavy atom. The lowest BCUT2D eigenvalue weighted by Crippen LogP contribution is -2.28. The molecule has 0 unspecified atom stereocenters. The van der Waals surface area contributed by atoms with E-state index < -0.39 is 16.5 Å². The average Bonchev–Trinajstić information content (AvgIpc) is 2.44. The van der Waals surface area contributed by atoms with Crippen LogP contribution in [0.3, 0.4) is 0 Å². The zero-order chi connectivity index (χ0) is 15.7. The molecule has 1 aromatic heterocycles. The van der Waals surface area contributed by atoms with Crippen LogP contribution in [0.5, 0.6) is 0 Å². The highest BCUT2D eigenvalue weighted by atomic mass is 32.2.